The molecule has 1 saturated heterocycles. The highest BCUT2D eigenvalue weighted by atomic mass is 16.5. The number of nitrogens with one attached hydrogen (secondary N) is 2. The van der Waals surface area contributed by atoms with Crippen molar-refractivity contribution in [1.82, 2.24) is 10.9 Å². The van der Waals surface area contributed by atoms with Crippen LogP contribution in [-0.2, 0) is 0 Å². The van der Waals surface area contributed by atoms with E-state index < -0.39 is 0 Å². The van der Waals surface area contributed by atoms with Crippen LogP contribution < -0.4 is 15.6 Å². The van der Waals surface area contributed by atoms with Crippen molar-refractivity contribution in [2.75, 3.05) is 20.2 Å². The van der Waals surface area contributed by atoms with Crippen molar-refractivity contribution in [1.29, 1.82) is 0 Å². The van der Waals surface area contributed by atoms with E-state index in [4.69, 9.17) is 4.74 Å². The van der Waals surface area contributed by atoms with Crippen LogP contribution in [0.5, 0.6) is 5.75 Å². The van der Waals surface area contributed by atoms with Crippen molar-refractivity contribution in [2.24, 2.45) is 0 Å². The molecular formula is C11H16N2O. The first kappa shape index (κ1) is 9.49. The molecule has 2 N–H and O–H groups in total. The molecule has 3 nitrogen and oxygen atoms in total. The Morgan fingerprint density at radius 3 is 2.57 bits per heavy atom. The normalized spacial score (nSPS) is 17.3. The molecule has 1 aromatic rings. The molecule has 0 aliphatic carbocycles. The van der Waals surface area contributed by atoms with Crippen LogP contribution in [0.1, 0.15) is 17.0 Å². The minimum absolute atomic E-state index is 0.583. The Balaban J connectivity index is 2.23. The number of benzene rings is 1. The van der Waals surface area contributed by atoms with Gasteiger partial charge in [0, 0.05) is 19.0 Å². The van der Waals surface area contributed by atoms with Crippen molar-refractivity contribution >= 4 is 0 Å². The Labute approximate surface area is 84.4 Å². The second-order valence-corrected chi connectivity index (χ2v) is 3.69. The van der Waals surface area contributed by atoms with Crippen LogP contribution in [-0.4, -0.2) is 20.2 Å². The molecule has 1 heterocycles. The summed E-state index contributed by atoms with van der Waals surface area (Å²) in [6, 6.07) is 6.40. The van der Waals surface area contributed by atoms with E-state index in [0.717, 1.165) is 18.8 Å². The molecule has 0 saturated carbocycles. The summed E-state index contributed by atoms with van der Waals surface area (Å²) in [5.74, 6) is 1.55. The number of ether oxygens (including phenoxy) is 1. The van der Waals surface area contributed by atoms with Crippen LogP contribution in [0.15, 0.2) is 18.2 Å². The first-order valence-corrected chi connectivity index (χ1v) is 4.91. The molecule has 14 heavy (non-hydrogen) atoms. The molecule has 0 radical (unpaired) electrons. The number of rotatable bonds is 2. The third-order valence-corrected chi connectivity index (χ3v) is 2.71. The van der Waals surface area contributed by atoms with E-state index in [9.17, 15) is 0 Å². The smallest absolute Gasteiger partial charge is 0.121 e. The zero-order valence-corrected chi connectivity index (χ0v) is 8.63. The Hall–Kier alpha value is -1.06. The lowest BCUT2D eigenvalue weighted by Gasteiger charge is -2.11. The summed E-state index contributed by atoms with van der Waals surface area (Å²) < 4.78 is 5.23. The maximum absolute atomic E-state index is 5.23. The fourth-order valence-electron chi connectivity index (χ4n) is 1.85. The van der Waals surface area contributed by atoms with E-state index >= 15 is 0 Å². The van der Waals surface area contributed by atoms with Crippen LogP contribution in [0.25, 0.3) is 0 Å². The predicted molar refractivity (Wildman–Crippen MR) is 56.5 cm³/mol. The maximum atomic E-state index is 5.23. The van der Waals surface area contributed by atoms with Crippen molar-refractivity contribution in [3.05, 3.63) is 29.3 Å². The van der Waals surface area contributed by atoms with Crippen molar-refractivity contribution in [3.8, 4) is 5.75 Å². The van der Waals surface area contributed by atoms with Gasteiger partial charge in [0.15, 0.2) is 0 Å². The van der Waals surface area contributed by atoms with Crippen molar-refractivity contribution in [3.63, 3.8) is 0 Å². The minimum Gasteiger partial charge on any atom is -0.496 e. The SMILES string of the molecule is COc1ccc(C2CNNC2)cc1C. The number of hydrogen-bond acceptors (Lipinski definition) is 3. The van der Waals surface area contributed by atoms with Gasteiger partial charge in [-0.3, -0.25) is 10.9 Å². The molecule has 1 aliphatic rings. The molecule has 1 fully saturated rings. The molecule has 3 heteroatoms. The second-order valence-electron chi connectivity index (χ2n) is 3.69. The zero-order valence-electron chi connectivity index (χ0n) is 8.63. The van der Waals surface area contributed by atoms with E-state index in [1.54, 1.807) is 7.11 Å². The van der Waals surface area contributed by atoms with Crippen LogP contribution in [0.4, 0.5) is 0 Å². The summed E-state index contributed by atoms with van der Waals surface area (Å²) in [7, 11) is 1.71. The molecule has 0 amide bonds. The molecule has 0 unspecified atom stereocenters. The van der Waals surface area contributed by atoms with Crippen LogP contribution >= 0.6 is 0 Å². The van der Waals surface area contributed by atoms with E-state index in [1.807, 2.05) is 6.07 Å². The molecule has 1 aromatic carbocycles. The first-order valence-electron chi connectivity index (χ1n) is 4.91. The third-order valence-electron chi connectivity index (χ3n) is 2.71. The molecule has 2 rings (SSSR count). The molecule has 0 spiro atoms. The van der Waals surface area contributed by atoms with Gasteiger partial charge in [0.1, 0.15) is 5.75 Å². The number of aryl methyl sites for hydroxylation is 1. The van der Waals surface area contributed by atoms with E-state index in [0.29, 0.717) is 5.92 Å². The van der Waals surface area contributed by atoms with E-state index in [-0.39, 0.29) is 0 Å². The highest BCUT2D eigenvalue weighted by molar-refractivity contribution is 5.38. The quantitative estimate of drug-likeness (QED) is 0.738. The molecule has 76 valence electrons. The van der Waals surface area contributed by atoms with Gasteiger partial charge in [-0.05, 0) is 24.1 Å². The lowest BCUT2D eigenvalue weighted by atomic mass is 9.98. The predicted octanol–water partition coefficient (Wildman–Crippen LogP) is 1.20. The highest BCUT2D eigenvalue weighted by Gasteiger charge is 2.16. The Kier molecular flexibility index (Phi) is 2.70. The van der Waals surface area contributed by atoms with Gasteiger partial charge in [-0.1, -0.05) is 12.1 Å². The monoisotopic (exact) mass is 192 g/mol. The van der Waals surface area contributed by atoms with Gasteiger partial charge in [0.25, 0.3) is 0 Å². The average molecular weight is 192 g/mol. The van der Waals surface area contributed by atoms with E-state index in [2.05, 4.69) is 29.9 Å². The number of hydrazine groups is 1. The maximum Gasteiger partial charge on any atom is 0.121 e. The van der Waals surface area contributed by atoms with Crippen LogP contribution in [0.2, 0.25) is 0 Å². The van der Waals surface area contributed by atoms with Crippen LogP contribution in [0.3, 0.4) is 0 Å². The summed E-state index contributed by atoms with van der Waals surface area (Å²) in [5, 5.41) is 0. The third kappa shape index (κ3) is 1.74. The molecule has 0 bridgehead atoms. The number of hydrogen-bond donors (Lipinski definition) is 2. The van der Waals surface area contributed by atoms with Gasteiger partial charge in [-0.2, -0.15) is 0 Å². The fraction of sp³-hybridized carbons (Fsp3) is 0.455. The van der Waals surface area contributed by atoms with Gasteiger partial charge in [-0.15, -0.1) is 0 Å². The van der Waals surface area contributed by atoms with Gasteiger partial charge >= 0.3 is 0 Å². The summed E-state index contributed by atoms with van der Waals surface area (Å²) in [6.45, 7) is 4.09. The number of methoxy groups -OCH3 is 1. The largest absolute Gasteiger partial charge is 0.496 e. The standard InChI is InChI=1S/C11H16N2O/c1-8-5-9(3-4-11(8)14-2)10-6-12-13-7-10/h3-5,10,12-13H,6-7H2,1-2H3. The van der Waals surface area contributed by atoms with Gasteiger partial charge < -0.3 is 4.74 Å². The topological polar surface area (TPSA) is 33.3 Å². The molecule has 1 aliphatic heterocycles. The highest BCUT2D eigenvalue weighted by Crippen LogP contribution is 2.23. The van der Waals surface area contributed by atoms with Crippen molar-refractivity contribution < 1.29 is 4.74 Å². The minimum atomic E-state index is 0.583. The van der Waals surface area contributed by atoms with E-state index in [1.165, 1.54) is 11.1 Å². The molecular weight excluding hydrogens is 176 g/mol. The van der Waals surface area contributed by atoms with Crippen LogP contribution in [0, 0.1) is 6.92 Å². The zero-order chi connectivity index (χ0) is 9.97. The van der Waals surface area contributed by atoms with Gasteiger partial charge in [0.2, 0.25) is 0 Å². The van der Waals surface area contributed by atoms with Gasteiger partial charge in [0.05, 0.1) is 7.11 Å². The fourth-order valence-corrected chi connectivity index (χ4v) is 1.85. The first-order chi connectivity index (χ1) is 6.81. The summed E-state index contributed by atoms with van der Waals surface area (Å²) >= 11 is 0. The Bertz CT molecular complexity index is 319. The van der Waals surface area contributed by atoms with Gasteiger partial charge in [-0.25, -0.2) is 0 Å². The molecule has 0 aromatic heterocycles. The lowest BCUT2D eigenvalue weighted by molar-refractivity contribution is 0.411. The second kappa shape index (κ2) is 3.98. The Morgan fingerprint density at radius 1 is 1.29 bits per heavy atom. The Morgan fingerprint density at radius 2 is 2.00 bits per heavy atom. The lowest BCUT2D eigenvalue weighted by Crippen LogP contribution is -2.21. The average Bonchev–Trinajstić information content (AvgIpc) is 2.70. The molecule has 0 atom stereocenters. The summed E-state index contributed by atoms with van der Waals surface area (Å²) in [5.41, 5.74) is 8.86. The summed E-state index contributed by atoms with van der Waals surface area (Å²) in [4.78, 5) is 0. The summed E-state index contributed by atoms with van der Waals surface area (Å²) in [6.07, 6.45) is 0. The van der Waals surface area contributed by atoms with Crippen molar-refractivity contribution in [2.45, 2.75) is 12.8 Å².